The molecule has 0 bridgehead atoms. The molecule has 0 aromatic heterocycles. The molecule has 3 heteroatoms. The summed E-state index contributed by atoms with van der Waals surface area (Å²) in [5, 5.41) is 0. The van der Waals surface area contributed by atoms with Crippen LogP contribution in [0.1, 0.15) is 52.4 Å². The molecule has 2 N–H and O–H groups in total. The van der Waals surface area contributed by atoms with Crippen molar-refractivity contribution in [2.45, 2.75) is 52.4 Å². The van der Waals surface area contributed by atoms with E-state index < -0.39 is 0 Å². The Hall–Kier alpha value is -0.120. The minimum atomic E-state index is 0.829. The van der Waals surface area contributed by atoms with Gasteiger partial charge in [-0.3, -0.25) is 0 Å². The summed E-state index contributed by atoms with van der Waals surface area (Å²) in [5.41, 5.74) is 5.61. The smallest absolute Gasteiger partial charge is 0.0109 e. The van der Waals surface area contributed by atoms with E-state index in [0.29, 0.717) is 0 Å². The van der Waals surface area contributed by atoms with Crippen LogP contribution in [0, 0.1) is 5.92 Å². The van der Waals surface area contributed by atoms with Gasteiger partial charge >= 0.3 is 0 Å². The minimum absolute atomic E-state index is 0.829. The molecule has 1 fully saturated rings. The van der Waals surface area contributed by atoms with Crippen molar-refractivity contribution in [2.24, 2.45) is 11.7 Å². The normalized spacial score (nSPS) is 20.4. The van der Waals surface area contributed by atoms with Crippen molar-refractivity contribution in [3.8, 4) is 0 Å². The van der Waals surface area contributed by atoms with Gasteiger partial charge in [0, 0.05) is 19.6 Å². The molecule has 0 spiro atoms. The highest BCUT2D eigenvalue weighted by Crippen LogP contribution is 2.15. The van der Waals surface area contributed by atoms with Gasteiger partial charge in [0.15, 0.2) is 0 Å². The van der Waals surface area contributed by atoms with Gasteiger partial charge in [0.2, 0.25) is 0 Å². The second-order valence-corrected chi connectivity index (χ2v) is 6.05. The third-order valence-electron chi connectivity index (χ3n) is 4.42. The van der Waals surface area contributed by atoms with Crippen LogP contribution in [0.25, 0.3) is 0 Å². The standard InChI is InChI=1S/C16H35N3/c1-3-5-8-16(4-2)15-19-12-7-11-18(13-14-19)10-6-9-17/h16H,3-15,17H2,1-2H3. The lowest BCUT2D eigenvalue weighted by molar-refractivity contribution is 0.217. The van der Waals surface area contributed by atoms with Gasteiger partial charge in [-0.05, 0) is 51.4 Å². The molecule has 1 unspecified atom stereocenters. The molecular formula is C16H35N3. The Morgan fingerprint density at radius 1 is 1.00 bits per heavy atom. The van der Waals surface area contributed by atoms with Gasteiger partial charge in [-0.25, -0.2) is 0 Å². The molecule has 0 radical (unpaired) electrons. The number of rotatable bonds is 9. The van der Waals surface area contributed by atoms with Crippen LogP contribution in [0.15, 0.2) is 0 Å². The lowest BCUT2D eigenvalue weighted by Crippen LogP contribution is -2.34. The Morgan fingerprint density at radius 2 is 1.74 bits per heavy atom. The van der Waals surface area contributed by atoms with E-state index in [1.165, 1.54) is 71.4 Å². The summed E-state index contributed by atoms with van der Waals surface area (Å²) in [6, 6.07) is 0. The van der Waals surface area contributed by atoms with Gasteiger partial charge in [0.25, 0.3) is 0 Å². The van der Waals surface area contributed by atoms with Crippen molar-refractivity contribution in [1.82, 2.24) is 9.80 Å². The molecule has 0 aromatic carbocycles. The Bertz CT molecular complexity index is 208. The third-order valence-corrected chi connectivity index (χ3v) is 4.42. The van der Waals surface area contributed by atoms with Gasteiger partial charge in [-0.15, -0.1) is 0 Å². The molecule has 1 atom stereocenters. The predicted molar refractivity (Wildman–Crippen MR) is 84.5 cm³/mol. The molecular weight excluding hydrogens is 234 g/mol. The largest absolute Gasteiger partial charge is 0.330 e. The summed E-state index contributed by atoms with van der Waals surface area (Å²) in [6.45, 7) is 13.1. The van der Waals surface area contributed by atoms with Crippen molar-refractivity contribution in [3.05, 3.63) is 0 Å². The van der Waals surface area contributed by atoms with Crippen LogP contribution in [-0.4, -0.2) is 55.6 Å². The van der Waals surface area contributed by atoms with Gasteiger partial charge < -0.3 is 15.5 Å². The quantitative estimate of drug-likeness (QED) is 0.698. The molecule has 0 aromatic rings. The van der Waals surface area contributed by atoms with E-state index in [2.05, 4.69) is 23.6 Å². The van der Waals surface area contributed by atoms with Crippen molar-refractivity contribution >= 4 is 0 Å². The third kappa shape index (κ3) is 7.28. The van der Waals surface area contributed by atoms with Crippen molar-refractivity contribution in [2.75, 3.05) is 45.8 Å². The maximum absolute atomic E-state index is 5.61. The SMILES string of the molecule is CCCCC(CC)CN1CCCN(CCCN)CC1. The first kappa shape index (κ1) is 16.9. The zero-order chi connectivity index (χ0) is 13.9. The van der Waals surface area contributed by atoms with E-state index in [0.717, 1.165) is 18.9 Å². The second kappa shape index (κ2) is 10.6. The van der Waals surface area contributed by atoms with Crippen LogP contribution in [-0.2, 0) is 0 Å². The average molecular weight is 269 g/mol. The lowest BCUT2D eigenvalue weighted by atomic mass is 9.98. The maximum atomic E-state index is 5.61. The molecule has 1 rings (SSSR count). The highest BCUT2D eigenvalue weighted by Gasteiger charge is 2.17. The first-order valence-corrected chi connectivity index (χ1v) is 8.44. The Morgan fingerprint density at radius 3 is 2.42 bits per heavy atom. The summed E-state index contributed by atoms with van der Waals surface area (Å²) in [5.74, 6) is 0.913. The topological polar surface area (TPSA) is 32.5 Å². The van der Waals surface area contributed by atoms with Crippen LogP contribution < -0.4 is 5.73 Å². The Balaban J connectivity index is 2.26. The van der Waals surface area contributed by atoms with Crippen LogP contribution in [0.4, 0.5) is 0 Å². The Kier molecular flexibility index (Phi) is 9.48. The number of unbranched alkanes of at least 4 members (excludes halogenated alkanes) is 1. The molecule has 0 saturated carbocycles. The van der Waals surface area contributed by atoms with E-state index in [1.807, 2.05) is 0 Å². The maximum Gasteiger partial charge on any atom is 0.0109 e. The number of nitrogens with zero attached hydrogens (tertiary/aromatic N) is 2. The van der Waals surface area contributed by atoms with E-state index in [-0.39, 0.29) is 0 Å². The summed E-state index contributed by atoms with van der Waals surface area (Å²) in [6.07, 6.45) is 7.97. The minimum Gasteiger partial charge on any atom is -0.330 e. The number of nitrogens with two attached hydrogens (primary N) is 1. The molecule has 19 heavy (non-hydrogen) atoms. The monoisotopic (exact) mass is 269 g/mol. The molecule has 1 aliphatic rings. The first-order valence-electron chi connectivity index (χ1n) is 8.44. The lowest BCUT2D eigenvalue weighted by Gasteiger charge is -2.26. The van der Waals surface area contributed by atoms with Crippen molar-refractivity contribution < 1.29 is 0 Å². The molecule has 1 aliphatic heterocycles. The van der Waals surface area contributed by atoms with Crippen LogP contribution >= 0.6 is 0 Å². The van der Waals surface area contributed by atoms with E-state index in [1.54, 1.807) is 0 Å². The zero-order valence-electron chi connectivity index (χ0n) is 13.2. The summed E-state index contributed by atoms with van der Waals surface area (Å²) in [7, 11) is 0. The van der Waals surface area contributed by atoms with E-state index in [4.69, 9.17) is 5.73 Å². The first-order chi connectivity index (χ1) is 9.30. The molecule has 1 saturated heterocycles. The van der Waals surface area contributed by atoms with E-state index in [9.17, 15) is 0 Å². The molecule has 0 amide bonds. The summed E-state index contributed by atoms with van der Waals surface area (Å²) >= 11 is 0. The molecule has 3 nitrogen and oxygen atoms in total. The van der Waals surface area contributed by atoms with Crippen molar-refractivity contribution in [1.29, 1.82) is 0 Å². The summed E-state index contributed by atoms with van der Waals surface area (Å²) in [4.78, 5) is 5.30. The number of hydrogen-bond acceptors (Lipinski definition) is 3. The predicted octanol–water partition coefficient (Wildman–Crippen LogP) is 2.56. The highest BCUT2D eigenvalue weighted by atomic mass is 15.2. The molecule has 114 valence electrons. The van der Waals surface area contributed by atoms with Crippen LogP contribution in [0.2, 0.25) is 0 Å². The second-order valence-electron chi connectivity index (χ2n) is 6.05. The fraction of sp³-hybridized carbons (Fsp3) is 1.00. The van der Waals surface area contributed by atoms with Crippen molar-refractivity contribution in [3.63, 3.8) is 0 Å². The summed E-state index contributed by atoms with van der Waals surface area (Å²) < 4.78 is 0. The number of hydrogen-bond donors (Lipinski definition) is 1. The fourth-order valence-electron chi connectivity index (χ4n) is 3.03. The zero-order valence-corrected chi connectivity index (χ0v) is 13.2. The highest BCUT2D eigenvalue weighted by molar-refractivity contribution is 4.72. The molecule has 1 heterocycles. The van der Waals surface area contributed by atoms with E-state index >= 15 is 0 Å². The fourth-order valence-corrected chi connectivity index (χ4v) is 3.03. The Labute approximate surface area is 120 Å². The van der Waals surface area contributed by atoms with Gasteiger partial charge in [0.1, 0.15) is 0 Å². The van der Waals surface area contributed by atoms with Crippen LogP contribution in [0.3, 0.4) is 0 Å². The van der Waals surface area contributed by atoms with Gasteiger partial charge in [0.05, 0.1) is 0 Å². The average Bonchev–Trinajstić information content (AvgIpc) is 2.66. The van der Waals surface area contributed by atoms with Crippen LogP contribution in [0.5, 0.6) is 0 Å². The molecule has 0 aliphatic carbocycles. The van der Waals surface area contributed by atoms with Gasteiger partial charge in [-0.2, -0.15) is 0 Å². The van der Waals surface area contributed by atoms with Gasteiger partial charge in [-0.1, -0.05) is 33.1 Å².